The van der Waals surface area contributed by atoms with Gasteiger partial charge in [-0.15, -0.1) is 0 Å². The summed E-state index contributed by atoms with van der Waals surface area (Å²) < 4.78 is 0. The SMILES string of the molecule is CC(=O)c1ccc(CC(=O)CC(N)=O)cc1C. The first-order valence-corrected chi connectivity index (χ1v) is 5.30. The summed E-state index contributed by atoms with van der Waals surface area (Å²) in [5, 5.41) is 0. The number of carbonyl (C=O) groups is 3. The Kier molecular flexibility index (Phi) is 4.15. The van der Waals surface area contributed by atoms with Gasteiger partial charge in [0.2, 0.25) is 5.91 Å². The molecule has 0 heterocycles. The smallest absolute Gasteiger partial charge is 0.224 e. The molecule has 90 valence electrons. The van der Waals surface area contributed by atoms with Crippen LogP contribution in [-0.2, 0) is 16.0 Å². The number of hydrogen-bond acceptors (Lipinski definition) is 3. The molecule has 0 fully saturated rings. The summed E-state index contributed by atoms with van der Waals surface area (Å²) in [5.74, 6) is -0.836. The van der Waals surface area contributed by atoms with Gasteiger partial charge in [0.25, 0.3) is 0 Å². The predicted octanol–water partition coefficient (Wildman–Crippen LogP) is 1.18. The number of primary amides is 1. The molecule has 0 aliphatic rings. The number of rotatable bonds is 5. The van der Waals surface area contributed by atoms with Crippen LogP contribution in [-0.4, -0.2) is 17.5 Å². The first-order valence-electron chi connectivity index (χ1n) is 5.30. The van der Waals surface area contributed by atoms with Crippen LogP contribution in [0.3, 0.4) is 0 Å². The Morgan fingerprint density at radius 3 is 2.35 bits per heavy atom. The summed E-state index contributed by atoms with van der Waals surface area (Å²) in [6.07, 6.45) is -0.0739. The zero-order chi connectivity index (χ0) is 13.0. The topological polar surface area (TPSA) is 77.2 Å². The van der Waals surface area contributed by atoms with Gasteiger partial charge >= 0.3 is 0 Å². The summed E-state index contributed by atoms with van der Waals surface area (Å²) in [6.45, 7) is 3.32. The molecule has 0 unspecified atom stereocenters. The number of nitrogens with two attached hydrogens (primary N) is 1. The number of Topliss-reactive ketones (excluding diaryl/α,β-unsaturated/α-hetero) is 2. The summed E-state index contributed by atoms with van der Waals surface area (Å²) >= 11 is 0. The van der Waals surface area contributed by atoms with E-state index in [4.69, 9.17) is 5.73 Å². The van der Waals surface area contributed by atoms with Gasteiger partial charge in [-0.1, -0.05) is 18.2 Å². The molecule has 0 saturated carbocycles. The monoisotopic (exact) mass is 233 g/mol. The number of hydrogen-bond donors (Lipinski definition) is 1. The standard InChI is InChI=1S/C13H15NO3/c1-8-5-10(3-4-12(8)9(2)15)6-11(16)7-13(14)17/h3-5H,6-7H2,1-2H3,(H2,14,17). The molecule has 0 spiro atoms. The third kappa shape index (κ3) is 3.83. The highest BCUT2D eigenvalue weighted by molar-refractivity contribution is 5.98. The van der Waals surface area contributed by atoms with E-state index in [1.165, 1.54) is 6.92 Å². The van der Waals surface area contributed by atoms with Crippen LogP contribution in [0.1, 0.15) is 34.8 Å². The Balaban J connectivity index is 2.81. The molecule has 1 aromatic carbocycles. The Morgan fingerprint density at radius 1 is 1.24 bits per heavy atom. The third-order valence-electron chi connectivity index (χ3n) is 2.44. The van der Waals surface area contributed by atoms with Crippen molar-refractivity contribution in [3.8, 4) is 0 Å². The van der Waals surface area contributed by atoms with Crippen LogP contribution in [0.15, 0.2) is 18.2 Å². The quantitative estimate of drug-likeness (QED) is 0.613. The molecule has 0 aliphatic heterocycles. The van der Waals surface area contributed by atoms with E-state index in [9.17, 15) is 14.4 Å². The van der Waals surface area contributed by atoms with Gasteiger partial charge in [0.05, 0.1) is 6.42 Å². The highest BCUT2D eigenvalue weighted by atomic mass is 16.2. The molecule has 1 amide bonds. The molecule has 4 heteroatoms. The number of amides is 1. The Labute approximate surface area is 99.8 Å². The van der Waals surface area contributed by atoms with Gasteiger partial charge in [-0.25, -0.2) is 0 Å². The first kappa shape index (κ1) is 13.1. The van der Waals surface area contributed by atoms with E-state index in [0.717, 1.165) is 11.1 Å². The second kappa shape index (κ2) is 5.39. The first-order chi connectivity index (χ1) is 7.90. The average Bonchev–Trinajstić information content (AvgIpc) is 2.15. The van der Waals surface area contributed by atoms with Gasteiger partial charge in [0.1, 0.15) is 5.78 Å². The van der Waals surface area contributed by atoms with E-state index >= 15 is 0 Å². The summed E-state index contributed by atoms with van der Waals surface area (Å²) in [6, 6.07) is 5.21. The molecular formula is C13H15NO3. The number of aryl methyl sites for hydroxylation is 1. The van der Waals surface area contributed by atoms with E-state index in [0.29, 0.717) is 5.56 Å². The van der Waals surface area contributed by atoms with E-state index < -0.39 is 5.91 Å². The zero-order valence-corrected chi connectivity index (χ0v) is 9.95. The molecule has 0 atom stereocenters. The van der Waals surface area contributed by atoms with Crippen molar-refractivity contribution in [2.24, 2.45) is 5.73 Å². The van der Waals surface area contributed by atoms with Crippen LogP contribution in [0.4, 0.5) is 0 Å². The molecule has 2 N–H and O–H groups in total. The average molecular weight is 233 g/mol. The van der Waals surface area contributed by atoms with Crippen molar-refractivity contribution in [3.63, 3.8) is 0 Å². The molecule has 1 aromatic rings. The van der Waals surface area contributed by atoms with Crippen molar-refractivity contribution in [1.29, 1.82) is 0 Å². The van der Waals surface area contributed by atoms with E-state index in [-0.39, 0.29) is 24.4 Å². The second-order valence-corrected chi connectivity index (χ2v) is 4.06. The van der Waals surface area contributed by atoms with Gasteiger partial charge in [-0.05, 0) is 25.0 Å². The lowest BCUT2D eigenvalue weighted by atomic mass is 9.99. The van der Waals surface area contributed by atoms with E-state index in [2.05, 4.69) is 0 Å². The molecule has 4 nitrogen and oxygen atoms in total. The minimum absolute atomic E-state index is 0.00230. The summed E-state index contributed by atoms with van der Waals surface area (Å²) in [5.41, 5.74) is 7.21. The number of carbonyl (C=O) groups excluding carboxylic acids is 3. The Morgan fingerprint density at radius 2 is 1.88 bits per heavy atom. The van der Waals surface area contributed by atoms with Crippen LogP contribution in [0.5, 0.6) is 0 Å². The van der Waals surface area contributed by atoms with Crippen molar-refractivity contribution in [3.05, 3.63) is 34.9 Å². The third-order valence-corrected chi connectivity index (χ3v) is 2.44. The van der Waals surface area contributed by atoms with Crippen molar-refractivity contribution in [2.75, 3.05) is 0 Å². The van der Waals surface area contributed by atoms with Crippen molar-refractivity contribution in [1.82, 2.24) is 0 Å². The van der Waals surface area contributed by atoms with Crippen LogP contribution < -0.4 is 5.73 Å². The highest BCUT2D eigenvalue weighted by Crippen LogP contribution is 2.13. The van der Waals surface area contributed by atoms with Crippen molar-refractivity contribution in [2.45, 2.75) is 26.7 Å². The zero-order valence-electron chi connectivity index (χ0n) is 9.95. The lowest BCUT2D eigenvalue weighted by Crippen LogP contribution is -2.17. The van der Waals surface area contributed by atoms with Crippen molar-refractivity contribution >= 4 is 17.5 Å². The van der Waals surface area contributed by atoms with Gasteiger partial charge in [-0.2, -0.15) is 0 Å². The van der Waals surface area contributed by atoms with Crippen molar-refractivity contribution < 1.29 is 14.4 Å². The maximum atomic E-state index is 11.4. The van der Waals surface area contributed by atoms with Gasteiger partial charge in [0.15, 0.2) is 5.78 Å². The van der Waals surface area contributed by atoms with Gasteiger partial charge in [0, 0.05) is 12.0 Å². The normalized spacial score (nSPS) is 10.0. The molecule has 17 heavy (non-hydrogen) atoms. The van der Waals surface area contributed by atoms with Crippen LogP contribution in [0.2, 0.25) is 0 Å². The lowest BCUT2D eigenvalue weighted by Gasteiger charge is -2.05. The number of ketones is 2. The molecule has 0 aliphatic carbocycles. The molecular weight excluding hydrogens is 218 g/mol. The minimum atomic E-state index is -0.618. The van der Waals surface area contributed by atoms with E-state index in [1.807, 2.05) is 6.92 Å². The molecule has 0 bridgehead atoms. The maximum Gasteiger partial charge on any atom is 0.224 e. The fraction of sp³-hybridized carbons (Fsp3) is 0.308. The summed E-state index contributed by atoms with van der Waals surface area (Å²) in [7, 11) is 0. The van der Waals surface area contributed by atoms with Crippen LogP contribution in [0, 0.1) is 6.92 Å². The molecule has 0 saturated heterocycles. The fourth-order valence-electron chi connectivity index (χ4n) is 1.72. The van der Waals surface area contributed by atoms with Crippen LogP contribution >= 0.6 is 0 Å². The van der Waals surface area contributed by atoms with E-state index in [1.54, 1.807) is 18.2 Å². The Bertz CT molecular complexity index is 478. The molecule has 0 radical (unpaired) electrons. The second-order valence-electron chi connectivity index (χ2n) is 4.06. The molecule has 0 aromatic heterocycles. The minimum Gasteiger partial charge on any atom is -0.369 e. The fourth-order valence-corrected chi connectivity index (χ4v) is 1.72. The Hall–Kier alpha value is -1.97. The molecule has 1 rings (SSSR count). The summed E-state index contributed by atoms with van der Waals surface area (Å²) in [4.78, 5) is 33.2. The predicted molar refractivity (Wildman–Crippen MR) is 63.7 cm³/mol. The van der Waals surface area contributed by atoms with Gasteiger partial charge < -0.3 is 5.73 Å². The highest BCUT2D eigenvalue weighted by Gasteiger charge is 2.09. The number of benzene rings is 1. The largest absolute Gasteiger partial charge is 0.369 e. The maximum absolute atomic E-state index is 11.4. The van der Waals surface area contributed by atoms with Gasteiger partial charge in [-0.3, -0.25) is 14.4 Å². The van der Waals surface area contributed by atoms with Crippen LogP contribution in [0.25, 0.3) is 0 Å². The lowest BCUT2D eigenvalue weighted by molar-refractivity contribution is -0.126.